The second-order valence-corrected chi connectivity index (χ2v) is 6.76. The summed E-state index contributed by atoms with van der Waals surface area (Å²) in [6.45, 7) is 0.803. The third-order valence-electron chi connectivity index (χ3n) is 4.87. The summed E-state index contributed by atoms with van der Waals surface area (Å²) in [7, 11) is 0. The minimum absolute atomic E-state index is 0.131. The fraction of sp³-hybridized carbons (Fsp3) is 0.286. The lowest BCUT2D eigenvalue weighted by atomic mass is 9.93. The summed E-state index contributed by atoms with van der Waals surface area (Å²) in [5.74, 6) is -3.32. The van der Waals surface area contributed by atoms with Gasteiger partial charge in [-0.3, -0.25) is 4.79 Å². The number of hydrogen-bond acceptors (Lipinski definition) is 4. The number of carbonyl (C=O) groups is 3. The van der Waals surface area contributed by atoms with Crippen LogP contribution in [0.15, 0.2) is 48.5 Å². The summed E-state index contributed by atoms with van der Waals surface area (Å²) in [5.41, 5.74) is 2.78. The van der Waals surface area contributed by atoms with Crippen molar-refractivity contribution in [3.05, 3.63) is 70.8 Å². The molecule has 6 nitrogen and oxygen atoms in total. The molecule has 0 saturated carbocycles. The van der Waals surface area contributed by atoms with Gasteiger partial charge in [-0.1, -0.05) is 36.4 Å². The Hall–Kier alpha value is -3.15. The second-order valence-electron chi connectivity index (χ2n) is 6.76. The zero-order chi connectivity index (χ0) is 19.4. The van der Waals surface area contributed by atoms with Crippen molar-refractivity contribution >= 4 is 17.8 Å². The number of aliphatic carboxylic acids is 1. The normalized spacial score (nSPS) is 16.5. The van der Waals surface area contributed by atoms with Crippen LogP contribution in [0.5, 0.6) is 0 Å². The zero-order valence-electron chi connectivity index (χ0n) is 14.8. The number of nitrogens with zero attached hydrogens (tertiary/aromatic N) is 1. The quantitative estimate of drug-likeness (QED) is 0.830. The Kier molecular flexibility index (Phi) is 5.54. The molecule has 1 amide bonds. The predicted molar refractivity (Wildman–Crippen MR) is 95.8 cm³/mol. The van der Waals surface area contributed by atoms with Crippen LogP contribution >= 0.6 is 0 Å². The molecule has 0 fully saturated rings. The van der Waals surface area contributed by atoms with E-state index in [1.807, 2.05) is 30.3 Å². The smallest absolute Gasteiger partial charge is 0.335 e. The van der Waals surface area contributed by atoms with Crippen molar-refractivity contribution in [1.29, 1.82) is 0 Å². The van der Waals surface area contributed by atoms with E-state index in [2.05, 4.69) is 0 Å². The number of fused-ring (bicyclic) bond motifs is 1. The predicted octanol–water partition coefficient (Wildman–Crippen LogP) is 1.27. The molecule has 0 aliphatic carbocycles. The summed E-state index contributed by atoms with van der Waals surface area (Å²) in [6, 6.07) is 14.5. The molecule has 0 spiro atoms. The molecule has 1 atom stereocenters. The lowest BCUT2D eigenvalue weighted by molar-refractivity contribution is -0.306. The second kappa shape index (κ2) is 8.03. The monoisotopic (exact) mass is 366 g/mol. The van der Waals surface area contributed by atoms with Gasteiger partial charge in [0.05, 0.1) is 5.56 Å². The van der Waals surface area contributed by atoms with Crippen molar-refractivity contribution in [1.82, 2.24) is 4.90 Å². The number of benzene rings is 2. The van der Waals surface area contributed by atoms with Gasteiger partial charge in [-0.25, -0.2) is 4.79 Å². The molecule has 1 unspecified atom stereocenters. The van der Waals surface area contributed by atoms with Gasteiger partial charge in [0.1, 0.15) is 0 Å². The van der Waals surface area contributed by atoms with E-state index in [1.165, 1.54) is 12.1 Å². The Morgan fingerprint density at radius 2 is 1.85 bits per heavy atom. The number of rotatable bonds is 6. The van der Waals surface area contributed by atoms with Gasteiger partial charge in [0.15, 0.2) is 0 Å². The summed E-state index contributed by atoms with van der Waals surface area (Å²) in [4.78, 5) is 36.9. The molecular weight excluding hydrogens is 346 g/mol. The van der Waals surface area contributed by atoms with Gasteiger partial charge in [-0.15, -0.1) is 0 Å². The Balaban J connectivity index is 1.87. The zero-order valence-corrected chi connectivity index (χ0v) is 14.8. The maximum absolute atomic E-state index is 12.9. The minimum Gasteiger partial charge on any atom is -0.550 e. The molecule has 0 aromatic heterocycles. The highest BCUT2D eigenvalue weighted by Crippen LogP contribution is 2.26. The summed E-state index contributed by atoms with van der Waals surface area (Å²) < 4.78 is 0. The van der Waals surface area contributed by atoms with E-state index >= 15 is 0 Å². The van der Waals surface area contributed by atoms with Gasteiger partial charge in [-0.2, -0.15) is 0 Å². The van der Waals surface area contributed by atoms with Gasteiger partial charge in [-0.05, 0) is 48.1 Å². The van der Waals surface area contributed by atoms with Gasteiger partial charge < -0.3 is 19.9 Å². The Morgan fingerprint density at radius 3 is 2.52 bits per heavy atom. The third-order valence-corrected chi connectivity index (χ3v) is 4.87. The first kappa shape index (κ1) is 18.6. The van der Waals surface area contributed by atoms with Crippen molar-refractivity contribution < 1.29 is 24.6 Å². The van der Waals surface area contributed by atoms with E-state index < -0.39 is 17.9 Å². The third kappa shape index (κ3) is 4.53. The van der Waals surface area contributed by atoms with Crippen LogP contribution in [-0.4, -0.2) is 34.4 Å². The van der Waals surface area contributed by atoms with Crippen LogP contribution in [0.1, 0.15) is 33.5 Å². The molecule has 1 N–H and O–H groups in total. The fourth-order valence-corrected chi connectivity index (χ4v) is 3.46. The van der Waals surface area contributed by atoms with E-state index in [-0.39, 0.29) is 24.3 Å². The molecular formula is C21H20NO5-. The molecule has 6 heteroatoms. The molecule has 0 radical (unpaired) electrons. The minimum atomic E-state index is -1.28. The van der Waals surface area contributed by atoms with E-state index in [1.54, 1.807) is 11.0 Å². The van der Waals surface area contributed by atoms with Crippen LogP contribution in [0.3, 0.4) is 0 Å². The Bertz CT molecular complexity index is 862. The average Bonchev–Trinajstić information content (AvgIpc) is 2.77. The number of aromatic carboxylic acids is 1. The van der Waals surface area contributed by atoms with Gasteiger partial charge in [0, 0.05) is 25.0 Å². The molecule has 1 aliphatic heterocycles. The number of amides is 1. The first-order valence-electron chi connectivity index (χ1n) is 8.81. The first-order chi connectivity index (χ1) is 12.9. The maximum Gasteiger partial charge on any atom is 0.335 e. The van der Waals surface area contributed by atoms with Crippen LogP contribution in [0.25, 0.3) is 0 Å². The van der Waals surface area contributed by atoms with Crippen LogP contribution in [0.2, 0.25) is 0 Å². The van der Waals surface area contributed by atoms with Crippen molar-refractivity contribution in [3.8, 4) is 0 Å². The lowest BCUT2D eigenvalue weighted by Gasteiger charge is -2.25. The standard InChI is InChI=1S/C21H21NO5/c23-19(24)12-18-11-17-10-15(21(26)27)6-7-16(17)13-22(20(18)25)9-8-14-4-2-1-3-5-14/h1-7,10,18H,8-9,11-13H2,(H,23,24)(H,26,27)/p-1. The molecule has 2 aromatic rings. The summed E-state index contributed by atoms with van der Waals surface area (Å²) in [6.07, 6.45) is 0.482. The van der Waals surface area contributed by atoms with E-state index in [4.69, 9.17) is 0 Å². The highest BCUT2D eigenvalue weighted by molar-refractivity contribution is 5.88. The van der Waals surface area contributed by atoms with E-state index in [0.717, 1.165) is 11.1 Å². The number of carbonyl (C=O) groups excluding carboxylic acids is 2. The van der Waals surface area contributed by atoms with Crippen molar-refractivity contribution in [2.75, 3.05) is 6.54 Å². The van der Waals surface area contributed by atoms with Crippen molar-refractivity contribution in [3.63, 3.8) is 0 Å². The molecule has 3 rings (SSSR count). The van der Waals surface area contributed by atoms with Crippen molar-refractivity contribution in [2.24, 2.45) is 5.92 Å². The van der Waals surface area contributed by atoms with E-state index in [0.29, 0.717) is 25.1 Å². The van der Waals surface area contributed by atoms with Crippen LogP contribution in [0, 0.1) is 5.92 Å². The van der Waals surface area contributed by atoms with Gasteiger partial charge in [0.25, 0.3) is 0 Å². The van der Waals surface area contributed by atoms with Crippen LogP contribution < -0.4 is 5.11 Å². The molecule has 0 bridgehead atoms. The highest BCUT2D eigenvalue weighted by atomic mass is 16.4. The molecule has 140 valence electrons. The molecule has 0 saturated heterocycles. The van der Waals surface area contributed by atoms with Gasteiger partial charge in [0.2, 0.25) is 5.91 Å². The summed E-state index contributed by atoms with van der Waals surface area (Å²) >= 11 is 0. The summed E-state index contributed by atoms with van der Waals surface area (Å²) in [5, 5.41) is 20.3. The van der Waals surface area contributed by atoms with Crippen molar-refractivity contribution in [2.45, 2.75) is 25.8 Å². The first-order valence-corrected chi connectivity index (χ1v) is 8.81. The Morgan fingerprint density at radius 1 is 1.11 bits per heavy atom. The Labute approximate surface area is 157 Å². The average molecular weight is 366 g/mol. The fourth-order valence-electron chi connectivity index (χ4n) is 3.46. The molecule has 1 aliphatic rings. The molecule has 2 aromatic carbocycles. The van der Waals surface area contributed by atoms with Crippen LogP contribution in [-0.2, 0) is 29.0 Å². The topological polar surface area (TPSA) is 97.7 Å². The van der Waals surface area contributed by atoms with Gasteiger partial charge >= 0.3 is 5.97 Å². The molecule has 1 heterocycles. The largest absolute Gasteiger partial charge is 0.550 e. The van der Waals surface area contributed by atoms with E-state index in [9.17, 15) is 24.6 Å². The SMILES string of the molecule is O=C([O-])CC1Cc2cc(C(=O)O)ccc2CN(CCc2ccccc2)C1=O. The molecule has 27 heavy (non-hydrogen) atoms. The maximum atomic E-state index is 12.9. The number of hydrogen-bond donors (Lipinski definition) is 1. The lowest BCUT2D eigenvalue weighted by Crippen LogP contribution is -2.38. The highest BCUT2D eigenvalue weighted by Gasteiger charge is 2.30. The number of carboxylic acid groups (broad SMARTS) is 2. The van der Waals surface area contributed by atoms with Crippen LogP contribution in [0.4, 0.5) is 0 Å². The number of carboxylic acids is 2.